The molecule has 33 heavy (non-hydrogen) atoms. The van der Waals surface area contributed by atoms with Crippen LogP contribution in [0.5, 0.6) is 11.5 Å². The highest BCUT2D eigenvalue weighted by Gasteiger charge is 2.13. The first-order valence-corrected chi connectivity index (χ1v) is 10.6. The van der Waals surface area contributed by atoms with E-state index in [0.717, 1.165) is 0 Å². The summed E-state index contributed by atoms with van der Waals surface area (Å²) in [6, 6.07) is 19.4. The highest BCUT2D eigenvalue weighted by molar-refractivity contribution is 6.29. The number of nitrogens with zero attached hydrogens (tertiary/aromatic N) is 2. The molecule has 0 saturated heterocycles. The molecule has 0 unspecified atom stereocenters. The Hall–Kier alpha value is -3.84. The number of benzene rings is 3. The summed E-state index contributed by atoms with van der Waals surface area (Å²) in [6.45, 7) is 3.33. The minimum absolute atomic E-state index is 0.0731. The third-order valence-corrected chi connectivity index (χ3v) is 4.65. The Balaban J connectivity index is 1.57. The van der Waals surface area contributed by atoms with Crippen molar-refractivity contribution in [3.63, 3.8) is 0 Å². The van der Waals surface area contributed by atoms with Crippen LogP contribution in [0.15, 0.2) is 83.0 Å². The number of Topliss-reactive ketones (excluding diaryl/α,β-unsaturated/α-hetero) is 1. The van der Waals surface area contributed by atoms with Crippen molar-refractivity contribution in [2.24, 2.45) is 10.2 Å². The van der Waals surface area contributed by atoms with Gasteiger partial charge in [-0.05, 0) is 79.7 Å². The smallest absolute Gasteiger partial charge is 0.343 e. The monoisotopic (exact) mass is 464 g/mol. The molecule has 0 bridgehead atoms. The van der Waals surface area contributed by atoms with Gasteiger partial charge in [-0.2, -0.15) is 10.2 Å². The van der Waals surface area contributed by atoms with E-state index in [1.807, 2.05) is 6.92 Å². The van der Waals surface area contributed by atoms with E-state index >= 15 is 0 Å². The second kappa shape index (κ2) is 11.2. The summed E-state index contributed by atoms with van der Waals surface area (Å²) in [5, 5.41) is 7.52. The van der Waals surface area contributed by atoms with Crippen molar-refractivity contribution in [3.8, 4) is 11.5 Å². The average Bonchev–Trinajstić information content (AvgIpc) is 2.83. The van der Waals surface area contributed by atoms with Crippen molar-refractivity contribution >= 4 is 40.7 Å². The molecule has 3 aromatic rings. The molecule has 168 valence electrons. The third kappa shape index (κ3) is 6.82. The van der Waals surface area contributed by atoms with E-state index in [-0.39, 0.29) is 11.5 Å². The number of azo groups is 1. The zero-order valence-corrected chi connectivity index (χ0v) is 18.8. The number of rotatable bonds is 8. The average molecular weight is 465 g/mol. The normalized spacial score (nSPS) is 11.7. The third-order valence-electron chi connectivity index (χ3n) is 4.47. The molecule has 3 rings (SSSR count). The Morgan fingerprint density at radius 1 is 0.758 bits per heavy atom. The Kier molecular flexibility index (Phi) is 8.05. The zero-order chi connectivity index (χ0) is 23.8. The quantitative estimate of drug-likeness (QED) is 0.125. The lowest BCUT2D eigenvalue weighted by atomic mass is 10.1. The number of carbonyl (C=O) groups is 3. The van der Waals surface area contributed by atoms with Crippen LogP contribution >= 0.6 is 11.6 Å². The van der Waals surface area contributed by atoms with E-state index in [2.05, 4.69) is 10.2 Å². The van der Waals surface area contributed by atoms with Crippen molar-refractivity contribution in [1.82, 2.24) is 0 Å². The van der Waals surface area contributed by atoms with Crippen LogP contribution in [0.25, 0.3) is 0 Å². The maximum Gasteiger partial charge on any atom is 0.343 e. The van der Waals surface area contributed by atoms with Crippen LogP contribution in [0.4, 0.5) is 11.4 Å². The number of alkyl halides is 1. The molecular formula is C25H21ClN2O5. The van der Waals surface area contributed by atoms with Gasteiger partial charge in [-0.25, -0.2) is 4.79 Å². The number of carbonyl (C=O) groups excluding carboxylic acids is 3. The van der Waals surface area contributed by atoms with Gasteiger partial charge in [-0.1, -0.05) is 6.92 Å². The van der Waals surface area contributed by atoms with Crippen LogP contribution in [0, 0.1) is 0 Å². The second-order valence-electron chi connectivity index (χ2n) is 6.97. The van der Waals surface area contributed by atoms with Gasteiger partial charge in [0.05, 0.1) is 16.9 Å². The summed E-state index contributed by atoms with van der Waals surface area (Å²) in [4.78, 5) is 35.5. The van der Waals surface area contributed by atoms with E-state index in [0.29, 0.717) is 34.7 Å². The van der Waals surface area contributed by atoms with Gasteiger partial charge in [-0.3, -0.25) is 9.59 Å². The number of hydrogen-bond donors (Lipinski definition) is 0. The molecule has 0 aliphatic heterocycles. The molecule has 0 saturated carbocycles. The number of halogens is 1. The Bertz CT molecular complexity index is 1150. The Morgan fingerprint density at radius 3 is 1.73 bits per heavy atom. The molecule has 0 fully saturated rings. The van der Waals surface area contributed by atoms with Crippen LogP contribution in [0.2, 0.25) is 0 Å². The van der Waals surface area contributed by atoms with Gasteiger partial charge in [0.1, 0.15) is 16.9 Å². The second-order valence-corrected chi connectivity index (χ2v) is 7.62. The van der Waals surface area contributed by atoms with Crippen LogP contribution in [0.1, 0.15) is 41.0 Å². The molecule has 7 nitrogen and oxygen atoms in total. The number of esters is 2. The molecule has 0 spiro atoms. The van der Waals surface area contributed by atoms with Crippen LogP contribution in [-0.2, 0) is 4.79 Å². The van der Waals surface area contributed by atoms with Crippen molar-refractivity contribution in [1.29, 1.82) is 0 Å². The van der Waals surface area contributed by atoms with E-state index in [4.69, 9.17) is 21.1 Å². The Labute approximate surface area is 196 Å². The minimum atomic E-state index is -0.769. The molecule has 1 atom stereocenters. The van der Waals surface area contributed by atoms with Gasteiger partial charge in [0.15, 0.2) is 5.78 Å². The van der Waals surface area contributed by atoms with E-state index in [1.165, 1.54) is 31.2 Å². The molecule has 0 aliphatic carbocycles. The molecule has 0 aromatic heterocycles. The maximum atomic E-state index is 12.3. The zero-order valence-electron chi connectivity index (χ0n) is 18.0. The lowest BCUT2D eigenvalue weighted by Gasteiger charge is -2.07. The minimum Gasteiger partial charge on any atom is -0.425 e. The lowest BCUT2D eigenvalue weighted by molar-refractivity contribution is -0.133. The SMILES string of the molecule is CCC(=O)c1ccc(N=Nc2ccc(OC(=O)c3ccc(OC(=O)[C@H](C)Cl)cc3)cc2)cc1. The van der Waals surface area contributed by atoms with Gasteiger partial charge >= 0.3 is 11.9 Å². The Morgan fingerprint density at radius 2 is 1.21 bits per heavy atom. The van der Waals surface area contributed by atoms with Crippen LogP contribution < -0.4 is 9.47 Å². The van der Waals surface area contributed by atoms with Crippen molar-refractivity contribution in [2.45, 2.75) is 25.6 Å². The van der Waals surface area contributed by atoms with Crippen LogP contribution in [0.3, 0.4) is 0 Å². The van der Waals surface area contributed by atoms with Gasteiger partial charge in [0.2, 0.25) is 0 Å². The highest BCUT2D eigenvalue weighted by Crippen LogP contribution is 2.23. The lowest BCUT2D eigenvalue weighted by Crippen LogP contribution is -2.17. The molecule has 0 N–H and O–H groups in total. The van der Waals surface area contributed by atoms with Crippen molar-refractivity contribution < 1.29 is 23.9 Å². The molecule has 0 radical (unpaired) electrons. The summed E-state index contributed by atoms with van der Waals surface area (Å²) in [5.74, 6) is -0.440. The first-order valence-electron chi connectivity index (χ1n) is 10.2. The van der Waals surface area contributed by atoms with Crippen molar-refractivity contribution in [3.05, 3.63) is 83.9 Å². The molecular weight excluding hydrogens is 444 g/mol. The summed E-state index contributed by atoms with van der Waals surface area (Å²) in [7, 11) is 0. The van der Waals surface area contributed by atoms with Gasteiger partial charge < -0.3 is 9.47 Å². The van der Waals surface area contributed by atoms with Gasteiger partial charge in [-0.15, -0.1) is 11.6 Å². The summed E-state index contributed by atoms with van der Waals surface area (Å²) >= 11 is 5.66. The first-order chi connectivity index (χ1) is 15.9. The molecule has 3 aromatic carbocycles. The fourth-order valence-electron chi connectivity index (χ4n) is 2.64. The molecule has 0 aliphatic rings. The largest absolute Gasteiger partial charge is 0.425 e. The van der Waals surface area contributed by atoms with E-state index < -0.39 is 17.3 Å². The molecule has 0 heterocycles. The van der Waals surface area contributed by atoms with Crippen molar-refractivity contribution in [2.75, 3.05) is 0 Å². The topological polar surface area (TPSA) is 94.4 Å². The number of hydrogen-bond acceptors (Lipinski definition) is 7. The number of ketones is 1. The molecule has 0 amide bonds. The summed E-state index contributed by atoms with van der Waals surface area (Å²) < 4.78 is 10.4. The fourth-order valence-corrected chi connectivity index (χ4v) is 2.68. The summed E-state index contributed by atoms with van der Waals surface area (Å²) in [6.07, 6.45) is 0.451. The summed E-state index contributed by atoms with van der Waals surface area (Å²) in [5.41, 5.74) is 2.13. The molecule has 8 heteroatoms. The van der Waals surface area contributed by atoms with Crippen LogP contribution in [-0.4, -0.2) is 23.1 Å². The van der Waals surface area contributed by atoms with Gasteiger partial charge in [0, 0.05) is 12.0 Å². The standard InChI is InChI=1S/C25H21ClN2O5/c1-3-23(29)17-4-8-19(9-5-17)27-28-20-10-14-22(15-11-20)33-25(31)18-6-12-21(13-7-18)32-24(30)16(2)26/h4-16H,3H2,1-2H3/t16-/m0/s1. The van der Waals surface area contributed by atoms with Gasteiger partial charge in [0.25, 0.3) is 0 Å². The first kappa shape index (κ1) is 23.8. The predicted octanol–water partition coefficient (Wildman–Crippen LogP) is 6.45. The van der Waals surface area contributed by atoms with E-state index in [9.17, 15) is 14.4 Å². The maximum absolute atomic E-state index is 12.3. The predicted molar refractivity (Wildman–Crippen MR) is 124 cm³/mol. The van der Waals surface area contributed by atoms with E-state index in [1.54, 1.807) is 48.5 Å². The fraction of sp³-hybridized carbons (Fsp3) is 0.160. The number of ether oxygens (including phenoxy) is 2. The highest BCUT2D eigenvalue weighted by atomic mass is 35.5.